The van der Waals surface area contributed by atoms with Gasteiger partial charge in [0.05, 0.1) is 4.90 Å². The van der Waals surface area contributed by atoms with Crippen molar-refractivity contribution < 1.29 is 22.5 Å². The molecule has 8 heteroatoms. The van der Waals surface area contributed by atoms with Gasteiger partial charge in [0, 0.05) is 37.8 Å². The average molecular weight is 424 g/mol. The van der Waals surface area contributed by atoms with Crippen LogP contribution in [0.3, 0.4) is 0 Å². The van der Waals surface area contributed by atoms with Crippen LogP contribution in [-0.4, -0.2) is 46.0 Å². The number of benzene rings is 2. The highest BCUT2D eigenvalue weighted by Gasteiger charge is 2.62. The molecule has 0 spiro atoms. The van der Waals surface area contributed by atoms with E-state index < -0.39 is 28.7 Å². The van der Waals surface area contributed by atoms with Gasteiger partial charge in [0.1, 0.15) is 11.0 Å². The second-order valence-corrected chi connectivity index (χ2v) is 9.05. The lowest BCUT2D eigenvalue weighted by molar-refractivity contribution is -0.275. The van der Waals surface area contributed by atoms with E-state index in [1.807, 2.05) is 34.6 Å². The molecule has 4 nitrogen and oxygen atoms in total. The zero-order valence-corrected chi connectivity index (χ0v) is 16.6. The van der Waals surface area contributed by atoms with E-state index in [4.69, 9.17) is 0 Å². The first-order valence-electron chi connectivity index (χ1n) is 9.67. The zero-order chi connectivity index (χ0) is 20.6. The van der Waals surface area contributed by atoms with Gasteiger partial charge in [-0.25, -0.2) is 8.51 Å². The van der Waals surface area contributed by atoms with Gasteiger partial charge in [-0.1, -0.05) is 30.3 Å². The summed E-state index contributed by atoms with van der Waals surface area (Å²) in [6, 6.07) is 15.3. The van der Waals surface area contributed by atoms with E-state index >= 15 is 0 Å². The van der Waals surface area contributed by atoms with Crippen LogP contribution in [0.2, 0.25) is 0 Å². The van der Waals surface area contributed by atoms with Gasteiger partial charge in [0.25, 0.3) is 0 Å². The topological polar surface area (TPSA) is 43.8 Å². The molecule has 2 fully saturated rings. The molecular weight excluding hydrogens is 401 g/mol. The summed E-state index contributed by atoms with van der Waals surface area (Å²) >= 11 is 0. The Morgan fingerprint density at radius 2 is 1.48 bits per heavy atom. The van der Waals surface area contributed by atoms with Gasteiger partial charge in [-0.2, -0.15) is 13.2 Å². The van der Waals surface area contributed by atoms with Crippen molar-refractivity contribution in [2.45, 2.75) is 29.5 Å². The fraction of sp³-hybridized carbons (Fsp3) is 0.429. The van der Waals surface area contributed by atoms with E-state index in [1.165, 1.54) is 12.1 Å². The van der Waals surface area contributed by atoms with E-state index in [-0.39, 0.29) is 5.56 Å². The molecule has 0 bridgehead atoms. The Bertz CT molecular complexity index is 864. The summed E-state index contributed by atoms with van der Waals surface area (Å²) in [7, 11) is -1.22. The van der Waals surface area contributed by atoms with Crippen LogP contribution in [0.4, 0.5) is 18.9 Å². The number of piperazine rings is 1. The first-order chi connectivity index (χ1) is 13.8. The largest absolute Gasteiger partial charge is 0.421 e. The van der Waals surface area contributed by atoms with E-state index in [0.717, 1.165) is 10.6 Å². The number of anilines is 1. The smallest absolute Gasteiger partial charge is 0.376 e. The highest BCUT2D eigenvalue weighted by Crippen LogP contribution is 2.54. The predicted octanol–water partition coefficient (Wildman–Crippen LogP) is 3.69. The first kappa shape index (κ1) is 20.4. The Morgan fingerprint density at radius 3 is 2.00 bits per heavy atom. The number of halogens is 3. The quantitative estimate of drug-likeness (QED) is 0.796. The van der Waals surface area contributed by atoms with Crippen molar-refractivity contribution >= 4 is 16.7 Å². The van der Waals surface area contributed by atoms with Crippen LogP contribution in [0.1, 0.15) is 18.4 Å². The number of hydrogen-bond acceptors (Lipinski definition) is 3. The van der Waals surface area contributed by atoms with Gasteiger partial charge >= 0.3 is 6.18 Å². The van der Waals surface area contributed by atoms with Crippen molar-refractivity contribution in [3.63, 3.8) is 0 Å². The van der Waals surface area contributed by atoms with Crippen LogP contribution >= 0.6 is 0 Å². The number of hydrogen-bond donors (Lipinski definition) is 1. The molecule has 0 radical (unpaired) electrons. The molecule has 156 valence electrons. The fourth-order valence-electron chi connectivity index (χ4n) is 3.86. The zero-order valence-electron chi connectivity index (χ0n) is 15.8. The van der Waals surface area contributed by atoms with Gasteiger partial charge < -0.3 is 10.0 Å². The summed E-state index contributed by atoms with van der Waals surface area (Å²) in [6.07, 6.45) is -3.92. The second kappa shape index (κ2) is 7.74. The molecule has 2 atom stereocenters. The van der Waals surface area contributed by atoms with Gasteiger partial charge in [-0.3, -0.25) is 0 Å². The molecular formula is C21H23F3N2O2S. The van der Waals surface area contributed by atoms with Crippen molar-refractivity contribution in [2.24, 2.45) is 5.92 Å². The van der Waals surface area contributed by atoms with E-state index in [2.05, 4.69) is 4.90 Å². The van der Waals surface area contributed by atoms with Crippen LogP contribution in [-0.2, 0) is 16.6 Å². The second-order valence-electron chi connectivity index (χ2n) is 7.56. The highest BCUT2D eigenvalue weighted by molar-refractivity contribution is 7.82. The molecule has 2 unspecified atom stereocenters. The number of nitrogens with zero attached hydrogens (tertiary/aromatic N) is 2. The molecule has 29 heavy (non-hydrogen) atoms. The highest BCUT2D eigenvalue weighted by atomic mass is 32.2. The summed E-state index contributed by atoms with van der Waals surface area (Å²) in [4.78, 5) is 2.82. The Morgan fingerprint density at radius 1 is 0.897 bits per heavy atom. The lowest BCUT2D eigenvalue weighted by Crippen LogP contribution is -2.47. The molecule has 0 amide bonds. The lowest BCUT2D eigenvalue weighted by atomic mass is 9.88. The number of aliphatic hydroxyl groups is 1. The van der Waals surface area contributed by atoms with E-state index in [9.17, 15) is 22.5 Å². The van der Waals surface area contributed by atoms with Gasteiger partial charge in [-0.15, -0.1) is 0 Å². The van der Waals surface area contributed by atoms with E-state index in [1.54, 1.807) is 12.1 Å². The SMILES string of the molecule is O=S(c1ccccc1)N1CCN(c2ccc(C(O)(C3CC3)C(F)(F)F)cc2)CC1. The summed E-state index contributed by atoms with van der Waals surface area (Å²) in [6.45, 7) is 2.45. The van der Waals surface area contributed by atoms with Gasteiger partial charge in [-0.05, 0) is 42.7 Å². The van der Waals surface area contributed by atoms with E-state index in [0.29, 0.717) is 39.0 Å². The number of rotatable bonds is 5. The third-order valence-corrected chi connectivity index (χ3v) is 7.20. The molecule has 0 aromatic heterocycles. The average Bonchev–Trinajstić information content (AvgIpc) is 3.58. The Balaban J connectivity index is 1.43. The summed E-state index contributed by atoms with van der Waals surface area (Å²) in [5, 5.41) is 10.4. The molecule has 2 aromatic carbocycles. The minimum atomic E-state index is -4.69. The fourth-order valence-corrected chi connectivity index (χ4v) is 5.04. The maximum atomic E-state index is 13.5. The van der Waals surface area contributed by atoms with Crippen LogP contribution in [0, 0.1) is 5.92 Å². The minimum absolute atomic E-state index is 0.0972. The first-order valence-corrected chi connectivity index (χ1v) is 10.8. The Hall–Kier alpha value is -1.90. The normalized spacial score (nSPS) is 21.6. The molecule has 1 aliphatic heterocycles. The Labute approximate surface area is 170 Å². The van der Waals surface area contributed by atoms with Crippen molar-refractivity contribution in [1.82, 2.24) is 4.31 Å². The van der Waals surface area contributed by atoms with Gasteiger partial charge in [0.2, 0.25) is 0 Å². The number of alkyl halides is 3. The summed E-state index contributed by atoms with van der Waals surface area (Å²) in [5.41, 5.74) is -2.06. The lowest BCUT2D eigenvalue weighted by Gasteiger charge is -2.36. The van der Waals surface area contributed by atoms with Crippen LogP contribution in [0.25, 0.3) is 0 Å². The van der Waals surface area contributed by atoms with Crippen molar-refractivity contribution in [3.05, 3.63) is 60.2 Å². The molecule has 4 rings (SSSR count). The van der Waals surface area contributed by atoms with Crippen LogP contribution in [0.5, 0.6) is 0 Å². The van der Waals surface area contributed by atoms with Crippen molar-refractivity contribution in [3.8, 4) is 0 Å². The summed E-state index contributed by atoms with van der Waals surface area (Å²) in [5.74, 6) is -0.759. The molecule has 1 saturated heterocycles. The van der Waals surface area contributed by atoms with Crippen LogP contribution < -0.4 is 4.90 Å². The standard InChI is InChI=1S/C21H23F3N2O2S/c22-21(23,24)20(27,16-6-7-16)17-8-10-18(11-9-17)25-12-14-26(15-13-25)29(28)19-4-2-1-3-5-19/h1-5,8-11,16,27H,6-7,12-15H2. The van der Waals surface area contributed by atoms with Crippen molar-refractivity contribution in [2.75, 3.05) is 31.1 Å². The molecule has 1 saturated carbocycles. The minimum Gasteiger partial charge on any atom is -0.376 e. The maximum absolute atomic E-state index is 13.5. The molecule has 2 aromatic rings. The van der Waals surface area contributed by atoms with Gasteiger partial charge in [0.15, 0.2) is 5.60 Å². The summed E-state index contributed by atoms with van der Waals surface area (Å²) < 4.78 is 55.0. The molecule has 1 aliphatic carbocycles. The predicted molar refractivity (Wildman–Crippen MR) is 106 cm³/mol. The van der Waals surface area contributed by atoms with Crippen LogP contribution in [0.15, 0.2) is 59.5 Å². The molecule has 2 aliphatic rings. The molecule has 1 heterocycles. The third-order valence-electron chi connectivity index (χ3n) is 5.69. The molecule has 1 N–H and O–H groups in total. The Kier molecular flexibility index (Phi) is 5.44. The van der Waals surface area contributed by atoms with Crippen molar-refractivity contribution in [1.29, 1.82) is 0 Å². The monoisotopic (exact) mass is 424 g/mol. The maximum Gasteiger partial charge on any atom is 0.421 e. The third kappa shape index (κ3) is 3.93.